The molecule has 0 spiro atoms. The Morgan fingerprint density at radius 1 is 1.00 bits per heavy atom. The number of nitrogens with zero attached hydrogens (tertiary/aromatic N) is 3. The van der Waals surface area contributed by atoms with E-state index in [-0.39, 0.29) is 24.6 Å². The van der Waals surface area contributed by atoms with Crippen LogP contribution in [0.1, 0.15) is 23.6 Å². The van der Waals surface area contributed by atoms with Crippen LogP contribution in [0.4, 0.5) is 11.5 Å². The van der Waals surface area contributed by atoms with Gasteiger partial charge in [0, 0.05) is 0 Å². The van der Waals surface area contributed by atoms with Crippen LogP contribution >= 0.6 is 0 Å². The molecule has 0 radical (unpaired) electrons. The highest BCUT2D eigenvalue weighted by molar-refractivity contribution is 5.98. The van der Waals surface area contributed by atoms with Gasteiger partial charge in [-0.05, 0) is 42.3 Å². The van der Waals surface area contributed by atoms with E-state index in [1.54, 1.807) is 31.2 Å². The third-order valence-electron chi connectivity index (χ3n) is 5.76. The van der Waals surface area contributed by atoms with E-state index in [4.69, 9.17) is 15.7 Å². The largest absolute Gasteiger partial charge is 0.481 e. The number of aromatic amines is 1. The van der Waals surface area contributed by atoms with E-state index < -0.39 is 23.3 Å². The first-order chi connectivity index (χ1) is 17.9. The van der Waals surface area contributed by atoms with E-state index in [2.05, 4.69) is 4.98 Å². The number of aromatic nitrogens is 2. The Balaban J connectivity index is 1.74. The average molecular weight is 496 g/mol. The molecule has 3 N–H and O–H groups in total. The van der Waals surface area contributed by atoms with E-state index in [1.165, 1.54) is 9.47 Å². The number of hydrogen-bond donors (Lipinski definition) is 2. The number of H-pyrrole nitrogens is 1. The lowest BCUT2D eigenvalue weighted by atomic mass is 10.2. The highest BCUT2D eigenvalue weighted by Gasteiger charge is 2.29. The molecule has 37 heavy (non-hydrogen) atoms. The molecule has 0 aliphatic heterocycles. The van der Waals surface area contributed by atoms with Crippen molar-refractivity contribution in [2.75, 3.05) is 10.6 Å². The normalized spacial score (nSPS) is 11.4. The van der Waals surface area contributed by atoms with Crippen molar-refractivity contribution < 1.29 is 9.53 Å². The molecule has 1 heterocycles. The van der Waals surface area contributed by atoms with Gasteiger partial charge in [-0.1, -0.05) is 60.7 Å². The number of nitrogen functional groups attached to an aromatic ring is 1. The van der Waals surface area contributed by atoms with Crippen molar-refractivity contribution in [2.45, 2.75) is 26.1 Å². The summed E-state index contributed by atoms with van der Waals surface area (Å²) in [5, 5.41) is 9.00. The number of nitrogens with two attached hydrogens (primary N) is 1. The minimum absolute atomic E-state index is 0.0254. The molecule has 0 bridgehead atoms. The van der Waals surface area contributed by atoms with Crippen molar-refractivity contribution in [3.05, 3.63) is 122 Å². The maximum atomic E-state index is 13.7. The van der Waals surface area contributed by atoms with Crippen LogP contribution in [0.5, 0.6) is 5.75 Å². The Morgan fingerprint density at radius 3 is 2.19 bits per heavy atom. The number of amides is 1. The molecule has 0 saturated heterocycles. The molecule has 1 amide bonds. The van der Waals surface area contributed by atoms with Gasteiger partial charge in [0.05, 0.1) is 24.7 Å². The second-order valence-electron chi connectivity index (χ2n) is 8.37. The predicted octanol–water partition coefficient (Wildman–Crippen LogP) is 3.04. The van der Waals surface area contributed by atoms with Crippen LogP contribution in [-0.2, 0) is 17.9 Å². The molecule has 1 aromatic heterocycles. The van der Waals surface area contributed by atoms with E-state index in [9.17, 15) is 14.4 Å². The summed E-state index contributed by atoms with van der Waals surface area (Å²) >= 11 is 0. The minimum Gasteiger partial charge on any atom is -0.481 e. The van der Waals surface area contributed by atoms with Gasteiger partial charge >= 0.3 is 5.69 Å². The van der Waals surface area contributed by atoms with E-state index in [1.807, 2.05) is 66.7 Å². The van der Waals surface area contributed by atoms with Gasteiger partial charge in [-0.3, -0.25) is 24.0 Å². The quantitative estimate of drug-likeness (QED) is 0.386. The lowest BCUT2D eigenvalue weighted by molar-refractivity contribution is -0.124. The number of anilines is 2. The standard InChI is InChI=1S/C28H25N5O4/c1-19(37-23-14-12-20(16-29)13-15-23)27(35)32(17-21-8-4-2-5-9-21)24-25(30)33(28(36)31-26(24)34)18-22-10-6-3-7-11-22/h2-15,19H,17-18,30H2,1H3,(H,31,34,36). The van der Waals surface area contributed by atoms with E-state index in [0.29, 0.717) is 11.3 Å². The lowest BCUT2D eigenvalue weighted by Gasteiger charge is -2.27. The van der Waals surface area contributed by atoms with Gasteiger partial charge in [0.25, 0.3) is 11.5 Å². The molecule has 1 unspecified atom stereocenters. The van der Waals surface area contributed by atoms with Crippen molar-refractivity contribution in [1.82, 2.24) is 9.55 Å². The fraction of sp³-hybridized carbons (Fsp3) is 0.143. The summed E-state index contributed by atoms with van der Waals surface area (Å²) in [7, 11) is 0. The van der Waals surface area contributed by atoms with Crippen LogP contribution in [0, 0.1) is 11.3 Å². The van der Waals surface area contributed by atoms with Crippen LogP contribution in [0.15, 0.2) is 94.5 Å². The van der Waals surface area contributed by atoms with Crippen LogP contribution in [0.2, 0.25) is 0 Å². The monoisotopic (exact) mass is 495 g/mol. The topological polar surface area (TPSA) is 134 Å². The third-order valence-corrected chi connectivity index (χ3v) is 5.76. The third kappa shape index (κ3) is 5.77. The second-order valence-corrected chi connectivity index (χ2v) is 8.37. The summed E-state index contributed by atoms with van der Waals surface area (Å²) in [5.41, 5.74) is 6.80. The van der Waals surface area contributed by atoms with Gasteiger partial charge in [-0.15, -0.1) is 0 Å². The van der Waals surface area contributed by atoms with Crippen molar-refractivity contribution in [3.8, 4) is 11.8 Å². The highest BCUT2D eigenvalue weighted by Crippen LogP contribution is 2.23. The predicted molar refractivity (Wildman–Crippen MR) is 140 cm³/mol. The van der Waals surface area contributed by atoms with Crippen LogP contribution in [0.25, 0.3) is 0 Å². The number of hydrogen-bond acceptors (Lipinski definition) is 6. The zero-order valence-corrected chi connectivity index (χ0v) is 20.1. The molecule has 1 atom stereocenters. The molecular weight excluding hydrogens is 470 g/mol. The summed E-state index contributed by atoms with van der Waals surface area (Å²) in [5.74, 6) is -0.279. The number of nitriles is 1. The molecule has 0 fully saturated rings. The van der Waals surface area contributed by atoms with Gasteiger partial charge in [-0.2, -0.15) is 5.26 Å². The number of ether oxygens (including phenoxy) is 1. The van der Waals surface area contributed by atoms with Gasteiger partial charge < -0.3 is 10.5 Å². The van der Waals surface area contributed by atoms with Gasteiger partial charge in [-0.25, -0.2) is 4.79 Å². The summed E-state index contributed by atoms with van der Waals surface area (Å²) in [6.07, 6.45) is -1.01. The Morgan fingerprint density at radius 2 is 1.59 bits per heavy atom. The molecule has 9 nitrogen and oxygen atoms in total. The maximum absolute atomic E-state index is 13.7. The summed E-state index contributed by atoms with van der Waals surface area (Å²) in [6.45, 7) is 1.69. The van der Waals surface area contributed by atoms with Crippen molar-refractivity contribution >= 4 is 17.4 Å². The summed E-state index contributed by atoms with van der Waals surface area (Å²) in [4.78, 5) is 42.9. The van der Waals surface area contributed by atoms with E-state index >= 15 is 0 Å². The number of benzene rings is 3. The van der Waals surface area contributed by atoms with Crippen LogP contribution in [0.3, 0.4) is 0 Å². The SMILES string of the molecule is CC(Oc1ccc(C#N)cc1)C(=O)N(Cc1ccccc1)c1c(N)n(Cc2ccccc2)c(=O)[nH]c1=O. The zero-order valence-electron chi connectivity index (χ0n) is 20.1. The average Bonchev–Trinajstić information content (AvgIpc) is 2.91. The lowest BCUT2D eigenvalue weighted by Crippen LogP contribution is -2.45. The Hall–Kier alpha value is -5.10. The van der Waals surface area contributed by atoms with Gasteiger partial charge in [0.15, 0.2) is 11.8 Å². The minimum atomic E-state index is -1.01. The molecule has 186 valence electrons. The molecule has 0 aliphatic rings. The molecule has 0 saturated carbocycles. The zero-order chi connectivity index (χ0) is 26.4. The fourth-order valence-electron chi connectivity index (χ4n) is 3.88. The van der Waals surface area contributed by atoms with Crippen LogP contribution in [-0.4, -0.2) is 21.6 Å². The van der Waals surface area contributed by atoms with Crippen LogP contribution < -0.4 is 26.6 Å². The smallest absolute Gasteiger partial charge is 0.330 e. The first kappa shape index (κ1) is 25.0. The summed E-state index contributed by atoms with van der Waals surface area (Å²) in [6, 6.07) is 26.6. The maximum Gasteiger partial charge on any atom is 0.330 e. The van der Waals surface area contributed by atoms with Crippen molar-refractivity contribution in [2.24, 2.45) is 0 Å². The highest BCUT2D eigenvalue weighted by atomic mass is 16.5. The fourth-order valence-corrected chi connectivity index (χ4v) is 3.88. The second kappa shape index (κ2) is 11.1. The van der Waals surface area contributed by atoms with Gasteiger partial charge in [0.1, 0.15) is 11.6 Å². The number of carbonyl (C=O) groups is 1. The first-order valence-electron chi connectivity index (χ1n) is 11.6. The Kier molecular flexibility index (Phi) is 7.50. The molecule has 9 heteroatoms. The number of carbonyl (C=O) groups excluding carboxylic acids is 1. The first-order valence-corrected chi connectivity index (χ1v) is 11.6. The van der Waals surface area contributed by atoms with E-state index in [0.717, 1.165) is 11.1 Å². The Labute approximate surface area is 213 Å². The van der Waals surface area contributed by atoms with Crippen molar-refractivity contribution in [3.63, 3.8) is 0 Å². The molecule has 4 aromatic rings. The Bertz CT molecular complexity index is 1540. The number of nitrogens with one attached hydrogen (secondary N) is 1. The van der Waals surface area contributed by atoms with Gasteiger partial charge in [0.2, 0.25) is 0 Å². The molecule has 0 aliphatic carbocycles. The van der Waals surface area contributed by atoms with Crippen molar-refractivity contribution in [1.29, 1.82) is 5.26 Å². The molecule has 4 rings (SSSR count). The molecule has 3 aromatic carbocycles. The number of rotatable bonds is 8. The molecular formula is C28H25N5O4. The summed E-state index contributed by atoms with van der Waals surface area (Å²) < 4.78 is 7.05.